The molecule has 11 heteroatoms. The van der Waals surface area contributed by atoms with Crippen molar-refractivity contribution < 1.29 is 28.2 Å². The summed E-state index contributed by atoms with van der Waals surface area (Å²) in [5, 5.41) is 9.78. The van der Waals surface area contributed by atoms with Crippen molar-refractivity contribution in [2.24, 2.45) is 4.99 Å². The first-order chi connectivity index (χ1) is 20.2. The Hall–Kier alpha value is -3.60. The molecule has 0 spiro atoms. The second-order valence-electron chi connectivity index (χ2n) is 10.6. The Kier molecular flexibility index (Phi) is 9.35. The van der Waals surface area contributed by atoms with E-state index in [9.17, 15) is 18.7 Å². The number of hydrogen-bond donors (Lipinski definition) is 1. The molecule has 0 saturated carbocycles. The van der Waals surface area contributed by atoms with Crippen molar-refractivity contribution in [3.63, 3.8) is 0 Å². The molecule has 1 N–H and O–H groups in total. The topological polar surface area (TPSA) is 89.2 Å². The number of hydrogen-bond acceptors (Lipinski definition) is 6. The van der Waals surface area contributed by atoms with Gasteiger partial charge in [-0.15, -0.1) is 0 Å². The van der Waals surface area contributed by atoms with Gasteiger partial charge in [-0.25, -0.2) is 23.6 Å². The highest BCUT2D eigenvalue weighted by atomic mass is 35.5. The number of carbonyl (C=O) groups is 1. The van der Waals surface area contributed by atoms with E-state index in [2.05, 4.69) is 16.5 Å². The number of carboxylic acids is 1. The number of aliphatic imine (C=N–C) groups is 1. The number of likely N-dealkylation sites (tertiary alicyclic amines) is 1. The van der Waals surface area contributed by atoms with E-state index in [1.54, 1.807) is 24.3 Å². The number of imidazole rings is 1. The van der Waals surface area contributed by atoms with Gasteiger partial charge in [-0.05, 0) is 67.7 Å². The van der Waals surface area contributed by atoms with Crippen LogP contribution in [0.25, 0.3) is 0 Å². The molecule has 0 amide bonds. The molecule has 2 saturated heterocycles. The summed E-state index contributed by atoms with van der Waals surface area (Å²) < 4.78 is 42.6. The minimum atomic E-state index is -1.15. The predicted octanol–water partition coefficient (Wildman–Crippen LogP) is 5.89. The summed E-state index contributed by atoms with van der Waals surface area (Å²) in [6.45, 7) is 8.58. The molecule has 0 radical (unpaired) electrons. The monoisotopic (exact) mass is 598 g/mol. The second-order valence-corrected chi connectivity index (χ2v) is 11.0. The number of aryl methyl sites for hydroxylation is 1. The number of carboxylic acid groups (broad SMARTS) is 1. The van der Waals surface area contributed by atoms with E-state index in [1.165, 1.54) is 18.2 Å². The van der Waals surface area contributed by atoms with Gasteiger partial charge in [-0.1, -0.05) is 30.3 Å². The Morgan fingerprint density at radius 3 is 2.62 bits per heavy atom. The summed E-state index contributed by atoms with van der Waals surface area (Å²) in [6.07, 6.45) is 3.67. The van der Waals surface area contributed by atoms with Gasteiger partial charge in [0.2, 0.25) is 0 Å². The first kappa shape index (κ1) is 29.9. The van der Waals surface area contributed by atoms with Crippen LogP contribution in [-0.2, 0) is 29.0 Å². The maximum absolute atomic E-state index is 14.6. The molecule has 0 aliphatic carbocycles. The van der Waals surface area contributed by atoms with Crippen LogP contribution in [0.4, 0.5) is 14.6 Å². The molecule has 5 rings (SSSR count). The molecule has 8 nitrogen and oxygen atoms in total. The van der Waals surface area contributed by atoms with E-state index in [4.69, 9.17) is 26.1 Å². The zero-order valence-corrected chi connectivity index (χ0v) is 24.1. The molecule has 42 heavy (non-hydrogen) atoms. The third-order valence-corrected chi connectivity index (χ3v) is 7.84. The molecule has 3 heterocycles. The lowest BCUT2D eigenvalue weighted by Crippen LogP contribution is -2.39. The van der Waals surface area contributed by atoms with Crippen molar-refractivity contribution in [2.75, 3.05) is 19.7 Å². The standard InChI is InChI=1S/C31H33ClF2N4O4/c1-3-27(31(39)40)36-30-19(2)35-29(38(30)17-24-10-13-41-24)18-37-11-8-23(9-12-37)42-28-15-20(4-7-25(28)33)14-21-5-6-22(32)16-26(21)34/h3-7,15-16,23-24H,1,8-14,17-18H2,2H3,(H,39,40)/t24-/m0/s1. The Morgan fingerprint density at radius 2 is 1.98 bits per heavy atom. The van der Waals surface area contributed by atoms with E-state index in [1.807, 2.05) is 11.5 Å². The zero-order chi connectivity index (χ0) is 29.8. The third-order valence-electron chi connectivity index (χ3n) is 7.60. The van der Waals surface area contributed by atoms with Gasteiger partial charge < -0.3 is 19.1 Å². The van der Waals surface area contributed by atoms with Crippen molar-refractivity contribution in [2.45, 2.75) is 57.9 Å². The quantitative estimate of drug-likeness (QED) is 0.277. The maximum atomic E-state index is 14.6. The van der Waals surface area contributed by atoms with Gasteiger partial charge in [-0.2, -0.15) is 0 Å². The number of ether oxygens (including phenoxy) is 2. The first-order valence-corrected chi connectivity index (χ1v) is 14.3. The minimum absolute atomic E-state index is 0.0317. The van der Waals surface area contributed by atoms with Gasteiger partial charge in [0.05, 0.1) is 24.9 Å². The molecular formula is C31H33ClF2N4O4. The first-order valence-electron chi connectivity index (χ1n) is 13.9. The molecule has 1 atom stereocenters. The Labute approximate surface area is 248 Å². The average Bonchev–Trinajstić information content (AvgIpc) is 3.22. The van der Waals surface area contributed by atoms with Crippen molar-refractivity contribution >= 4 is 29.1 Å². The van der Waals surface area contributed by atoms with Gasteiger partial charge >= 0.3 is 5.97 Å². The fourth-order valence-electron chi connectivity index (χ4n) is 5.20. The van der Waals surface area contributed by atoms with E-state index >= 15 is 0 Å². The summed E-state index contributed by atoms with van der Waals surface area (Å²) in [5.74, 6) is -0.583. The molecule has 2 aliphatic heterocycles. The summed E-state index contributed by atoms with van der Waals surface area (Å²) in [5.41, 5.74) is 1.70. The lowest BCUT2D eigenvalue weighted by Gasteiger charge is -2.32. The van der Waals surface area contributed by atoms with Gasteiger partial charge in [0.15, 0.2) is 17.4 Å². The Balaban J connectivity index is 1.24. The van der Waals surface area contributed by atoms with Crippen LogP contribution in [0, 0.1) is 18.6 Å². The molecular weight excluding hydrogens is 566 g/mol. The number of rotatable bonds is 11. The average molecular weight is 599 g/mol. The van der Waals surface area contributed by atoms with E-state index in [0.29, 0.717) is 74.1 Å². The molecule has 0 unspecified atom stereocenters. The highest BCUT2D eigenvalue weighted by molar-refractivity contribution is 6.40. The predicted molar refractivity (Wildman–Crippen MR) is 156 cm³/mol. The highest BCUT2D eigenvalue weighted by Crippen LogP contribution is 2.29. The number of aromatic nitrogens is 2. The van der Waals surface area contributed by atoms with Crippen molar-refractivity contribution in [1.82, 2.24) is 14.5 Å². The van der Waals surface area contributed by atoms with Crippen LogP contribution in [-0.4, -0.2) is 63.1 Å². The Morgan fingerprint density at radius 1 is 1.21 bits per heavy atom. The summed E-state index contributed by atoms with van der Waals surface area (Å²) >= 11 is 5.86. The normalized spacial score (nSPS) is 18.1. The SMILES string of the molecule is C=CC(=Nc1c(C)nc(CN2CCC(Oc3cc(Cc4ccc(Cl)cc4F)ccc3F)CC2)n1C[C@@H]1CCO1)C(=O)O. The van der Waals surface area contributed by atoms with Crippen LogP contribution in [0.1, 0.15) is 41.9 Å². The van der Waals surface area contributed by atoms with Crippen molar-refractivity contribution in [1.29, 1.82) is 0 Å². The largest absolute Gasteiger partial charge is 0.487 e. The van der Waals surface area contributed by atoms with Gasteiger partial charge in [0.25, 0.3) is 0 Å². The number of piperidine rings is 1. The Bertz CT molecular complexity index is 1500. The zero-order valence-electron chi connectivity index (χ0n) is 23.4. The number of nitrogens with zero attached hydrogens (tertiary/aromatic N) is 4. The number of benzene rings is 2. The van der Waals surface area contributed by atoms with E-state index in [0.717, 1.165) is 17.8 Å². The molecule has 2 fully saturated rings. The third kappa shape index (κ3) is 7.06. The molecule has 0 bridgehead atoms. The summed E-state index contributed by atoms with van der Waals surface area (Å²) in [7, 11) is 0. The molecule has 2 aliphatic rings. The van der Waals surface area contributed by atoms with Gasteiger partial charge in [0.1, 0.15) is 23.5 Å². The fourth-order valence-corrected chi connectivity index (χ4v) is 5.36. The summed E-state index contributed by atoms with van der Waals surface area (Å²) in [6, 6.07) is 9.14. The highest BCUT2D eigenvalue weighted by Gasteiger charge is 2.27. The maximum Gasteiger partial charge on any atom is 0.354 e. The number of aliphatic carboxylic acids is 1. The fraction of sp³-hybridized carbons (Fsp3) is 0.387. The van der Waals surface area contributed by atoms with Crippen LogP contribution < -0.4 is 4.74 Å². The van der Waals surface area contributed by atoms with Crippen molar-refractivity contribution in [3.8, 4) is 5.75 Å². The smallest absolute Gasteiger partial charge is 0.354 e. The summed E-state index contributed by atoms with van der Waals surface area (Å²) in [4.78, 5) is 22.9. The van der Waals surface area contributed by atoms with Crippen LogP contribution in [0.5, 0.6) is 5.75 Å². The number of halogens is 3. The minimum Gasteiger partial charge on any atom is -0.487 e. The van der Waals surface area contributed by atoms with Crippen LogP contribution >= 0.6 is 11.6 Å². The molecule has 1 aromatic heterocycles. The van der Waals surface area contributed by atoms with E-state index in [-0.39, 0.29) is 23.7 Å². The van der Waals surface area contributed by atoms with Gasteiger partial charge in [0, 0.05) is 31.1 Å². The molecule has 2 aromatic carbocycles. The van der Waals surface area contributed by atoms with E-state index < -0.39 is 17.6 Å². The van der Waals surface area contributed by atoms with Crippen LogP contribution in [0.3, 0.4) is 0 Å². The van der Waals surface area contributed by atoms with Gasteiger partial charge in [-0.3, -0.25) is 4.90 Å². The molecule has 3 aromatic rings. The van der Waals surface area contributed by atoms with Crippen molar-refractivity contribution in [3.05, 3.63) is 88.4 Å². The molecule has 222 valence electrons. The van der Waals surface area contributed by atoms with Crippen LogP contribution in [0.15, 0.2) is 54.0 Å². The lowest BCUT2D eigenvalue weighted by atomic mass is 10.0. The van der Waals surface area contributed by atoms with Crippen LogP contribution in [0.2, 0.25) is 5.02 Å². The lowest BCUT2D eigenvalue weighted by molar-refractivity contribution is -0.129. The second kappa shape index (κ2) is 13.1.